The van der Waals surface area contributed by atoms with E-state index < -0.39 is 13.9 Å². The first-order valence-electron chi connectivity index (χ1n) is 10.3. The zero-order chi connectivity index (χ0) is 19.7. The maximum absolute atomic E-state index is 11.7. The standard InChI is InChI=1S/C19H40ClO5P/c1-3-4-5-6-7-8-9-10-11-12-13-14-15-18(2)25-26(22,23)24-17-19(21)16-20/h18-19,21H,3-17H2,1-2H3,(H,22,23). The Bertz CT molecular complexity index is 357. The molecule has 0 aliphatic rings. The van der Waals surface area contributed by atoms with Crippen LogP contribution in [0, 0.1) is 0 Å². The average Bonchev–Trinajstić information content (AvgIpc) is 2.60. The van der Waals surface area contributed by atoms with E-state index in [-0.39, 0.29) is 18.6 Å². The molecule has 0 aliphatic heterocycles. The molecule has 0 heterocycles. The number of phosphoric ester groups is 1. The maximum Gasteiger partial charge on any atom is 0.472 e. The topological polar surface area (TPSA) is 76.0 Å². The normalized spacial score (nSPS) is 16.3. The van der Waals surface area contributed by atoms with Crippen molar-refractivity contribution in [1.29, 1.82) is 0 Å². The van der Waals surface area contributed by atoms with Crippen LogP contribution >= 0.6 is 19.4 Å². The van der Waals surface area contributed by atoms with Gasteiger partial charge in [0.1, 0.15) is 0 Å². The Labute approximate surface area is 165 Å². The van der Waals surface area contributed by atoms with E-state index in [1.807, 2.05) is 0 Å². The molecule has 0 bridgehead atoms. The molecule has 0 aliphatic carbocycles. The third-order valence-corrected chi connectivity index (χ3v) is 5.84. The van der Waals surface area contributed by atoms with Gasteiger partial charge in [-0.05, 0) is 13.3 Å². The Hall–Kier alpha value is 0.360. The van der Waals surface area contributed by atoms with Crippen LogP contribution in [0.2, 0.25) is 0 Å². The number of halogens is 1. The Morgan fingerprint density at radius 1 is 0.923 bits per heavy atom. The molecule has 158 valence electrons. The lowest BCUT2D eigenvalue weighted by atomic mass is 10.0. The van der Waals surface area contributed by atoms with E-state index in [1.165, 1.54) is 64.2 Å². The number of phosphoric acid groups is 1. The fourth-order valence-electron chi connectivity index (χ4n) is 2.81. The minimum absolute atomic E-state index is 0.0472. The van der Waals surface area contributed by atoms with Crippen molar-refractivity contribution in [3.8, 4) is 0 Å². The molecule has 0 aromatic carbocycles. The summed E-state index contributed by atoms with van der Waals surface area (Å²) in [7, 11) is -4.12. The van der Waals surface area contributed by atoms with Gasteiger partial charge in [-0.15, -0.1) is 11.6 Å². The summed E-state index contributed by atoms with van der Waals surface area (Å²) in [6, 6.07) is 0. The van der Waals surface area contributed by atoms with E-state index in [0.29, 0.717) is 0 Å². The minimum Gasteiger partial charge on any atom is -0.389 e. The molecule has 0 aromatic heterocycles. The van der Waals surface area contributed by atoms with Crippen molar-refractivity contribution in [2.75, 3.05) is 12.5 Å². The highest BCUT2D eigenvalue weighted by atomic mass is 35.5. The van der Waals surface area contributed by atoms with E-state index in [9.17, 15) is 14.6 Å². The van der Waals surface area contributed by atoms with Crippen LogP contribution in [0.5, 0.6) is 0 Å². The largest absolute Gasteiger partial charge is 0.472 e. The van der Waals surface area contributed by atoms with Gasteiger partial charge in [0.15, 0.2) is 0 Å². The second kappa shape index (κ2) is 17.5. The van der Waals surface area contributed by atoms with Gasteiger partial charge in [-0.25, -0.2) is 4.57 Å². The Balaban J connectivity index is 3.48. The summed E-state index contributed by atoms with van der Waals surface area (Å²) in [5, 5.41) is 9.24. The number of hydrogen-bond acceptors (Lipinski definition) is 4. The molecular weight excluding hydrogens is 375 g/mol. The monoisotopic (exact) mass is 414 g/mol. The molecule has 26 heavy (non-hydrogen) atoms. The van der Waals surface area contributed by atoms with Gasteiger partial charge in [0, 0.05) is 0 Å². The molecule has 0 radical (unpaired) electrons. The van der Waals surface area contributed by atoms with E-state index in [1.54, 1.807) is 6.92 Å². The quantitative estimate of drug-likeness (QED) is 0.149. The number of hydrogen-bond donors (Lipinski definition) is 2. The van der Waals surface area contributed by atoms with Crippen LogP contribution in [0.25, 0.3) is 0 Å². The highest BCUT2D eigenvalue weighted by Crippen LogP contribution is 2.45. The number of unbranched alkanes of at least 4 members (excludes halogenated alkanes) is 11. The molecule has 0 rings (SSSR count). The first-order valence-corrected chi connectivity index (χ1v) is 12.3. The van der Waals surface area contributed by atoms with E-state index in [0.717, 1.165) is 19.3 Å². The van der Waals surface area contributed by atoms with Crippen LogP contribution in [0.15, 0.2) is 0 Å². The van der Waals surface area contributed by atoms with Gasteiger partial charge in [-0.1, -0.05) is 84.0 Å². The van der Waals surface area contributed by atoms with Crippen molar-refractivity contribution in [3.05, 3.63) is 0 Å². The molecule has 0 amide bonds. The zero-order valence-corrected chi connectivity index (χ0v) is 18.4. The molecular formula is C19H40ClO5P. The van der Waals surface area contributed by atoms with Gasteiger partial charge in [0.05, 0.1) is 24.7 Å². The van der Waals surface area contributed by atoms with Gasteiger partial charge >= 0.3 is 7.82 Å². The summed E-state index contributed by atoms with van der Waals surface area (Å²) < 4.78 is 21.5. The highest BCUT2D eigenvalue weighted by molar-refractivity contribution is 7.47. The number of rotatable bonds is 19. The van der Waals surface area contributed by atoms with Crippen molar-refractivity contribution >= 4 is 19.4 Å². The first kappa shape index (κ1) is 26.4. The minimum atomic E-state index is -4.12. The summed E-state index contributed by atoms with van der Waals surface area (Å²) in [4.78, 5) is 9.58. The summed E-state index contributed by atoms with van der Waals surface area (Å²) in [5.74, 6) is -0.0472. The van der Waals surface area contributed by atoms with E-state index in [2.05, 4.69) is 6.92 Å². The smallest absolute Gasteiger partial charge is 0.389 e. The molecule has 0 saturated carbocycles. The Morgan fingerprint density at radius 2 is 1.38 bits per heavy atom. The van der Waals surface area contributed by atoms with Crippen LogP contribution in [0.1, 0.15) is 97.3 Å². The molecule has 0 saturated heterocycles. The molecule has 0 fully saturated rings. The second-order valence-electron chi connectivity index (χ2n) is 7.17. The van der Waals surface area contributed by atoms with Crippen LogP contribution in [-0.2, 0) is 13.6 Å². The van der Waals surface area contributed by atoms with Crippen LogP contribution in [0.4, 0.5) is 0 Å². The van der Waals surface area contributed by atoms with Gasteiger partial charge < -0.3 is 10.00 Å². The van der Waals surface area contributed by atoms with Crippen molar-refractivity contribution < 1.29 is 23.6 Å². The fraction of sp³-hybridized carbons (Fsp3) is 1.00. The molecule has 5 nitrogen and oxygen atoms in total. The van der Waals surface area contributed by atoms with Crippen LogP contribution in [0.3, 0.4) is 0 Å². The number of alkyl halides is 1. The van der Waals surface area contributed by atoms with Crippen LogP contribution in [-0.4, -0.2) is 34.7 Å². The molecule has 7 heteroatoms. The predicted molar refractivity (Wildman–Crippen MR) is 109 cm³/mol. The predicted octanol–water partition coefficient (Wildman–Crippen LogP) is 6.20. The first-order chi connectivity index (χ1) is 12.4. The third kappa shape index (κ3) is 17.8. The van der Waals surface area contributed by atoms with E-state index in [4.69, 9.17) is 20.6 Å². The van der Waals surface area contributed by atoms with E-state index >= 15 is 0 Å². The summed E-state index contributed by atoms with van der Waals surface area (Å²) in [5.41, 5.74) is 0. The lowest BCUT2D eigenvalue weighted by molar-refractivity contribution is 0.0671. The lowest BCUT2D eigenvalue weighted by Gasteiger charge is -2.18. The van der Waals surface area contributed by atoms with Gasteiger partial charge in [0.25, 0.3) is 0 Å². The van der Waals surface area contributed by atoms with Gasteiger partial charge in [-0.2, -0.15) is 0 Å². The second-order valence-corrected chi connectivity index (χ2v) is 8.88. The maximum atomic E-state index is 11.7. The van der Waals surface area contributed by atoms with Gasteiger partial charge in [0.2, 0.25) is 0 Å². The number of aliphatic hydroxyl groups excluding tert-OH is 1. The Morgan fingerprint density at radius 3 is 1.85 bits per heavy atom. The lowest BCUT2D eigenvalue weighted by Crippen LogP contribution is -2.17. The summed E-state index contributed by atoms with van der Waals surface area (Å²) in [6.45, 7) is 3.71. The molecule has 3 unspecified atom stereocenters. The molecule has 3 atom stereocenters. The summed E-state index contributed by atoms with van der Waals surface area (Å²) >= 11 is 5.41. The van der Waals surface area contributed by atoms with Crippen molar-refractivity contribution in [2.45, 2.75) is 110 Å². The zero-order valence-electron chi connectivity index (χ0n) is 16.7. The Kier molecular flexibility index (Phi) is 17.7. The third-order valence-electron chi connectivity index (χ3n) is 4.39. The van der Waals surface area contributed by atoms with Crippen molar-refractivity contribution in [1.82, 2.24) is 0 Å². The highest BCUT2D eigenvalue weighted by Gasteiger charge is 2.25. The fourth-order valence-corrected chi connectivity index (χ4v) is 3.88. The SMILES string of the molecule is CCCCCCCCCCCCCCC(C)OP(=O)(O)OCC(O)CCl. The number of aliphatic hydroxyl groups is 1. The average molecular weight is 415 g/mol. The molecule has 2 N–H and O–H groups in total. The van der Waals surface area contributed by atoms with Crippen molar-refractivity contribution in [3.63, 3.8) is 0 Å². The van der Waals surface area contributed by atoms with Gasteiger partial charge in [-0.3, -0.25) is 9.05 Å². The summed E-state index contributed by atoms with van der Waals surface area (Å²) in [6.07, 6.45) is 14.8. The van der Waals surface area contributed by atoms with Crippen LogP contribution < -0.4 is 0 Å². The van der Waals surface area contributed by atoms with Crippen molar-refractivity contribution in [2.24, 2.45) is 0 Å². The molecule has 0 spiro atoms. The molecule has 0 aromatic rings.